The molecule has 1 aliphatic heterocycles. The third-order valence-electron chi connectivity index (χ3n) is 9.91. The summed E-state index contributed by atoms with van der Waals surface area (Å²) in [7, 11) is 0. The van der Waals surface area contributed by atoms with Gasteiger partial charge in [0.1, 0.15) is 5.82 Å². The molecule has 4 nitrogen and oxygen atoms in total. The number of alkyl halides is 4. The summed E-state index contributed by atoms with van der Waals surface area (Å²) in [6.07, 6.45) is -2.75. The number of hydrogen-bond donors (Lipinski definition) is 1. The van der Waals surface area contributed by atoms with Gasteiger partial charge < -0.3 is 10.0 Å². The van der Waals surface area contributed by atoms with E-state index >= 15 is 4.39 Å². The lowest BCUT2D eigenvalue weighted by Gasteiger charge is -2.34. The fourth-order valence-electron chi connectivity index (χ4n) is 7.51. The van der Waals surface area contributed by atoms with Gasteiger partial charge in [0.05, 0.1) is 5.92 Å². The lowest BCUT2D eigenvalue weighted by molar-refractivity contribution is -0.228. The van der Waals surface area contributed by atoms with Gasteiger partial charge in [-0.3, -0.25) is 9.59 Å². The highest BCUT2D eigenvalue weighted by Gasteiger charge is 2.62. The van der Waals surface area contributed by atoms with Crippen LogP contribution in [0, 0.1) is 23.6 Å². The van der Waals surface area contributed by atoms with Crippen molar-refractivity contribution < 1.29 is 36.6 Å². The minimum absolute atomic E-state index is 0.0286. The van der Waals surface area contributed by atoms with Crippen LogP contribution in [0.15, 0.2) is 42.5 Å². The molecule has 5 rings (SSSR count). The van der Waals surface area contributed by atoms with Crippen LogP contribution >= 0.6 is 0 Å². The van der Waals surface area contributed by atoms with E-state index in [-0.39, 0.29) is 23.6 Å². The minimum atomic E-state index is -5.07. The number of carboxylic acid groups (broad SMARTS) is 1. The first-order valence-corrected chi connectivity index (χ1v) is 13.7. The summed E-state index contributed by atoms with van der Waals surface area (Å²) < 4.78 is 69.5. The fourth-order valence-corrected chi connectivity index (χ4v) is 7.51. The van der Waals surface area contributed by atoms with Crippen LogP contribution in [-0.2, 0) is 32.5 Å². The summed E-state index contributed by atoms with van der Waals surface area (Å²) in [5.74, 6) is -2.15. The molecular weight excluding hydrogens is 529 g/mol. The number of fused-ring (bicyclic) bond motifs is 3. The highest BCUT2D eigenvalue weighted by atomic mass is 19.4. The van der Waals surface area contributed by atoms with Crippen molar-refractivity contribution in [3.05, 3.63) is 70.5 Å². The molecule has 2 aromatic carbocycles. The van der Waals surface area contributed by atoms with Crippen molar-refractivity contribution in [3.8, 4) is 0 Å². The van der Waals surface area contributed by atoms with Gasteiger partial charge in [0, 0.05) is 24.4 Å². The Morgan fingerprint density at radius 3 is 2.12 bits per heavy atom. The van der Waals surface area contributed by atoms with Gasteiger partial charge in [0.25, 0.3) is 0 Å². The van der Waals surface area contributed by atoms with Crippen LogP contribution < -0.4 is 0 Å². The second kappa shape index (κ2) is 9.55. The zero-order valence-electron chi connectivity index (χ0n) is 22.8. The Kier molecular flexibility index (Phi) is 6.82. The molecule has 0 radical (unpaired) electrons. The summed E-state index contributed by atoms with van der Waals surface area (Å²) in [6.45, 7) is 5.10. The standard InChI is InChI=1S/C31H34F5NO3/c1-28(2)24-14-21(29(3,33)31(34,35)36)10-13-23(24)30(15-18-4-11-22(32)12-5-18)17-37(16-25(28)30)26(38)19-6-8-20(9-7-19)27(39)40/h4-5,10-14,19-20,25H,6-9,15-17H2,1-3H3,(H,39,40)/t19-,20-,25?,29?,30?. The molecule has 0 spiro atoms. The Bertz CT molecular complexity index is 1310. The molecule has 3 atom stereocenters. The Morgan fingerprint density at radius 1 is 0.950 bits per heavy atom. The van der Waals surface area contributed by atoms with Gasteiger partial charge in [-0.05, 0) is 84.7 Å². The Labute approximate surface area is 230 Å². The van der Waals surface area contributed by atoms with Crippen LogP contribution in [0.2, 0.25) is 0 Å². The summed E-state index contributed by atoms with van der Waals surface area (Å²) in [4.78, 5) is 26.9. The molecule has 40 heavy (non-hydrogen) atoms. The van der Waals surface area contributed by atoms with Crippen molar-refractivity contribution in [2.75, 3.05) is 13.1 Å². The van der Waals surface area contributed by atoms with Crippen molar-refractivity contribution in [2.45, 2.75) is 75.6 Å². The van der Waals surface area contributed by atoms with Gasteiger partial charge in [0.15, 0.2) is 0 Å². The lowest BCUT2D eigenvalue weighted by Crippen LogP contribution is -2.40. The molecule has 1 amide bonds. The van der Waals surface area contributed by atoms with E-state index in [4.69, 9.17) is 0 Å². The Morgan fingerprint density at radius 2 is 1.55 bits per heavy atom. The molecule has 3 unspecified atom stereocenters. The molecule has 2 aromatic rings. The topological polar surface area (TPSA) is 57.6 Å². The monoisotopic (exact) mass is 563 g/mol. The predicted molar refractivity (Wildman–Crippen MR) is 139 cm³/mol. The Hall–Kier alpha value is -2.97. The van der Waals surface area contributed by atoms with Crippen LogP contribution in [0.25, 0.3) is 0 Å². The molecule has 2 fully saturated rings. The normalized spacial score (nSPS) is 29.0. The van der Waals surface area contributed by atoms with E-state index in [9.17, 15) is 32.3 Å². The summed E-state index contributed by atoms with van der Waals surface area (Å²) in [5.41, 5.74) is -3.04. The quantitative estimate of drug-likeness (QED) is 0.413. The summed E-state index contributed by atoms with van der Waals surface area (Å²) in [5, 5.41) is 9.33. The first-order valence-electron chi connectivity index (χ1n) is 13.7. The van der Waals surface area contributed by atoms with E-state index in [1.165, 1.54) is 24.3 Å². The number of aliphatic carboxylic acids is 1. The second-order valence-corrected chi connectivity index (χ2v) is 12.6. The van der Waals surface area contributed by atoms with Crippen LogP contribution in [0.3, 0.4) is 0 Å². The molecule has 3 aliphatic rings. The van der Waals surface area contributed by atoms with Gasteiger partial charge in [-0.1, -0.05) is 44.2 Å². The number of hydrogen-bond acceptors (Lipinski definition) is 2. The van der Waals surface area contributed by atoms with E-state index in [0.29, 0.717) is 57.7 Å². The molecule has 2 aliphatic carbocycles. The fraction of sp³-hybridized carbons (Fsp3) is 0.548. The maximum absolute atomic E-state index is 15.0. The number of benzene rings is 2. The van der Waals surface area contributed by atoms with Crippen molar-refractivity contribution in [1.29, 1.82) is 0 Å². The van der Waals surface area contributed by atoms with Gasteiger partial charge >= 0.3 is 12.1 Å². The molecule has 0 aromatic heterocycles. The van der Waals surface area contributed by atoms with Gasteiger partial charge in [0.2, 0.25) is 11.6 Å². The van der Waals surface area contributed by atoms with Crippen LogP contribution in [0.5, 0.6) is 0 Å². The average Bonchev–Trinajstić information content (AvgIpc) is 3.36. The molecule has 1 heterocycles. The molecule has 1 N–H and O–H groups in total. The highest BCUT2D eigenvalue weighted by Crippen LogP contribution is 2.60. The first-order chi connectivity index (χ1) is 18.6. The maximum Gasteiger partial charge on any atom is 0.426 e. The smallest absolute Gasteiger partial charge is 0.426 e. The van der Waals surface area contributed by atoms with E-state index in [1.54, 1.807) is 18.2 Å². The van der Waals surface area contributed by atoms with E-state index in [0.717, 1.165) is 11.1 Å². The average molecular weight is 564 g/mol. The molecule has 1 saturated heterocycles. The number of carbonyl (C=O) groups excluding carboxylic acids is 1. The number of carboxylic acids is 1. The van der Waals surface area contributed by atoms with Gasteiger partial charge in [-0.25, -0.2) is 8.78 Å². The number of rotatable bonds is 5. The van der Waals surface area contributed by atoms with E-state index in [2.05, 4.69) is 0 Å². The first kappa shape index (κ1) is 28.6. The number of amides is 1. The van der Waals surface area contributed by atoms with Crippen molar-refractivity contribution in [3.63, 3.8) is 0 Å². The minimum Gasteiger partial charge on any atom is -0.481 e. The van der Waals surface area contributed by atoms with Crippen LogP contribution in [0.4, 0.5) is 22.0 Å². The van der Waals surface area contributed by atoms with E-state index < -0.39 is 40.1 Å². The Balaban J connectivity index is 1.53. The van der Waals surface area contributed by atoms with Crippen molar-refractivity contribution in [2.24, 2.45) is 17.8 Å². The van der Waals surface area contributed by atoms with Crippen molar-refractivity contribution >= 4 is 11.9 Å². The third kappa shape index (κ3) is 4.49. The van der Waals surface area contributed by atoms with Crippen molar-refractivity contribution in [1.82, 2.24) is 4.90 Å². The molecular formula is C31H34F5NO3. The SMILES string of the molecule is CC1(C)c2cc(C(C)(F)C(F)(F)F)ccc2C2(Cc3ccc(F)cc3)CN(C(=O)[C@H]3CC[C@H](C(=O)O)CC3)CC12. The number of nitrogens with zero attached hydrogens (tertiary/aromatic N) is 1. The molecule has 0 bridgehead atoms. The predicted octanol–water partition coefficient (Wildman–Crippen LogP) is 6.69. The number of likely N-dealkylation sites (tertiary alicyclic amines) is 1. The zero-order valence-corrected chi connectivity index (χ0v) is 22.8. The molecule has 1 saturated carbocycles. The van der Waals surface area contributed by atoms with Crippen LogP contribution in [0.1, 0.15) is 68.7 Å². The maximum atomic E-state index is 15.0. The largest absolute Gasteiger partial charge is 0.481 e. The molecule has 9 heteroatoms. The summed E-state index contributed by atoms with van der Waals surface area (Å²) in [6, 6.07) is 10.2. The van der Waals surface area contributed by atoms with Gasteiger partial charge in [-0.2, -0.15) is 13.2 Å². The molecule has 216 valence electrons. The lowest BCUT2D eigenvalue weighted by atomic mass is 9.67. The summed E-state index contributed by atoms with van der Waals surface area (Å²) >= 11 is 0. The van der Waals surface area contributed by atoms with Gasteiger partial charge in [-0.15, -0.1) is 0 Å². The highest BCUT2D eigenvalue weighted by molar-refractivity contribution is 5.80. The second-order valence-electron chi connectivity index (χ2n) is 12.6. The third-order valence-corrected chi connectivity index (χ3v) is 9.91. The number of carbonyl (C=O) groups is 2. The van der Waals surface area contributed by atoms with Crippen LogP contribution in [-0.4, -0.2) is 41.1 Å². The van der Waals surface area contributed by atoms with E-state index in [1.807, 2.05) is 18.7 Å². The zero-order chi connectivity index (χ0) is 29.3. The number of halogens is 5.